The second-order valence-corrected chi connectivity index (χ2v) is 7.70. The number of H-pyrrole nitrogens is 1. The number of hydrogen-bond acceptors (Lipinski definition) is 6. The van der Waals surface area contributed by atoms with E-state index in [-0.39, 0.29) is 12.7 Å². The number of rotatable bonds is 6. The highest BCUT2D eigenvalue weighted by Gasteiger charge is 2.22. The number of aliphatic imine (C=N–C) groups is 1. The summed E-state index contributed by atoms with van der Waals surface area (Å²) in [6.07, 6.45) is 0. The molecule has 0 amide bonds. The Morgan fingerprint density at radius 1 is 1.09 bits per heavy atom. The molecule has 164 valence electrons. The fourth-order valence-corrected chi connectivity index (χ4v) is 3.89. The van der Waals surface area contributed by atoms with E-state index < -0.39 is 0 Å². The van der Waals surface area contributed by atoms with Crippen molar-refractivity contribution in [2.75, 3.05) is 13.3 Å². The van der Waals surface area contributed by atoms with Crippen LogP contribution in [0.2, 0.25) is 0 Å². The van der Waals surface area contributed by atoms with E-state index in [1.165, 1.54) is 5.56 Å². The number of ether oxygens (including phenoxy) is 2. The zero-order valence-electron chi connectivity index (χ0n) is 18.1. The third kappa shape index (κ3) is 4.00. The summed E-state index contributed by atoms with van der Waals surface area (Å²) in [5.74, 6) is 1.29. The first kappa shape index (κ1) is 20.6. The number of aromatic nitrogens is 1. The number of hydrogen-bond donors (Lipinski definition) is 3. The van der Waals surface area contributed by atoms with Gasteiger partial charge in [0.05, 0.1) is 34.1 Å². The van der Waals surface area contributed by atoms with E-state index in [2.05, 4.69) is 23.3 Å². The van der Waals surface area contributed by atoms with Gasteiger partial charge < -0.3 is 24.9 Å². The maximum Gasteiger partial charge on any atom is 0.231 e. The topological polar surface area (TPSA) is 103 Å². The molecule has 0 unspecified atom stereocenters. The summed E-state index contributed by atoms with van der Waals surface area (Å²) in [6, 6.07) is 21.0. The minimum absolute atomic E-state index is 0.0136. The summed E-state index contributed by atoms with van der Waals surface area (Å²) >= 11 is 0. The van der Waals surface area contributed by atoms with Gasteiger partial charge in [-0.05, 0) is 54.6 Å². The summed E-state index contributed by atoms with van der Waals surface area (Å²) in [4.78, 5) is 7.91. The Morgan fingerprint density at radius 2 is 1.91 bits per heavy atom. The molecule has 0 saturated carbocycles. The molecule has 4 aromatic rings. The fourth-order valence-electron chi connectivity index (χ4n) is 3.89. The molecular weight excluding hydrogens is 416 g/mol. The molecule has 0 radical (unpaired) electrons. The Labute approximate surface area is 190 Å². The molecule has 7 heteroatoms. The lowest BCUT2D eigenvalue weighted by atomic mass is 9.99. The van der Waals surface area contributed by atoms with E-state index in [9.17, 15) is 10.4 Å². The van der Waals surface area contributed by atoms with Crippen molar-refractivity contribution in [3.63, 3.8) is 0 Å². The van der Waals surface area contributed by atoms with E-state index >= 15 is 0 Å². The first-order valence-corrected chi connectivity index (χ1v) is 10.7. The highest BCUT2D eigenvalue weighted by Crippen LogP contribution is 2.36. The van der Waals surface area contributed by atoms with Crippen LogP contribution in [0.15, 0.2) is 65.7 Å². The lowest BCUT2D eigenvalue weighted by Gasteiger charge is -2.09. The number of nitrogens with zero attached hydrogens (tertiary/aromatic N) is 2. The van der Waals surface area contributed by atoms with Crippen LogP contribution in [0.25, 0.3) is 10.9 Å². The van der Waals surface area contributed by atoms with Crippen LogP contribution in [0.1, 0.15) is 29.2 Å². The maximum atomic E-state index is 10.9. The predicted molar refractivity (Wildman–Crippen MR) is 126 cm³/mol. The van der Waals surface area contributed by atoms with Gasteiger partial charge in [0.25, 0.3) is 0 Å². The molecule has 0 spiro atoms. The normalized spacial score (nSPS) is 12.8. The first-order valence-electron chi connectivity index (χ1n) is 10.7. The molecule has 5 rings (SSSR count). The van der Waals surface area contributed by atoms with Crippen LogP contribution < -0.4 is 14.8 Å². The van der Waals surface area contributed by atoms with Gasteiger partial charge in [0.15, 0.2) is 17.4 Å². The summed E-state index contributed by atoms with van der Waals surface area (Å²) in [6.45, 7) is 3.94. The minimum Gasteiger partial charge on any atom is -0.494 e. The monoisotopic (exact) mass is 438 g/mol. The number of aromatic amines is 1. The lowest BCUT2D eigenvalue weighted by Crippen LogP contribution is -2.11. The zero-order valence-corrected chi connectivity index (χ0v) is 18.1. The molecule has 0 saturated heterocycles. The van der Waals surface area contributed by atoms with Crippen molar-refractivity contribution in [2.45, 2.75) is 13.5 Å². The quantitative estimate of drug-likeness (QED) is 0.377. The summed E-state index contributed by atoms with van der Waals surface area (Å²) in [5.41, 5.74) is 5.01. The molecule has 2 heterocycles. The Bertz CT molecular complexity index is 1400. The van der Waals surface area contributed by atoms with E-state index in [0.29, 0.717) is 33.9 Å². The van der Waals surface area contributed by atoms with Crippen molar-refractivity contribution in [3.05, 3.63) is 82.9 Å². The summed E-state index contributed by atoms with van der Waals surface area (Å²) in [7, 11) is 0. The smallest absolute Gasteiger partial charge is 0.231 e. The lowest BCUT2D eigenvalue weighted by molar-refractivity contribution is 0.174. The van der Waals surface area contributed by atoms with Gasteiger partial charge in [-0.15, -0.1) is 0 Å². The number of nitriles is 1. The molecule has 7 nitrogen and oxygen atoms in total. The highest BCUT2D eigenvalue weighted by atomic mass is 16.7. The Balaban J connectivity index is 1.65. The molecular formula is C26H22N4O3. The van der Waals surface area contributed by atoms with Crippen LogP contribution in [0, 0.1) is 11.3 Å². The van der Waals surface area contributed by atoms with Crippen LogP contribution in [0.5, 0.6) is 17.4 Å². The van der Waals surface area contributed by atoms with Gasteiger partial charge in [0, 0.05) is 17.5 Å². The number of benzene rings is 3. The third-order valence-electron chi connectivity index (χ3n) is 5.55. The van der Waals surface area contributed by atoms with Gasteiger partial charge in [-0.25, -0.2) is 4.99 Å². The largest absolute Gasteiger partial charge is 0.494 e. The number of aromatic hydroxyl groups is 1. The van der Waals surface area contributed by atoms with E-state index in [4.69, 9.17) is 14.5 Å². The molecule has 1 aliphatic heterocycles. The van der Waals surface area contributed by atoms with Gasteiger partial charge in [-0.2, -0.15) is 5.26 Å². The molecule has 33 heavy (non-hydrogen) atoms. The summed E-state index contributed by atoms with van der Waals surface area (Å²) in [5, 5.41) is 24.2. The van der Waals surface area contributed by atoms with E-state index in [1.54, 1.807) is 12.1 Å². The standard InChI is InChI=1S/C26H22N4O3/c1-2-28-14-16-3-7-19(8-4-16)29-25(18-6-10-22-23(12-18)33-15-32-22)24-20-9-5-17(13-27)11-21(20)30-26(24)31/h3-12,28,30-31H,2,14-15H2,1H3. The van der Waals surface area contributed by atoms with Crippen molar-refractivity contribution in [1.82, 2.24) is 10.3 Å². The van der Waals surface area contributed by atoms with Gasteiger partial charge >= 0.3 is 0 Å². The molecule has 3 aromatic carbocycles. The van der Waals surface area contributed by atoms with Crippen LogP contribution in [-0.2, 0) is 6.54 Å². The summed E-state index contributed by atoms with van der Waals surface area (Å²) < 4.78 is 11.0. The Morgan fingerprint density at radius 3 is 2.70 bits per heavy atom. The van der Waals surface area contributed by atoms with Crippen molar-refractivity contribution < 1.29 is 14.6 Å². The van der Waals surface area contributed by atoms with Gasteiger partial charge in [0.2, 0.25) is 6.79 Å². The zero-order chi connectivity index (χ0) is 22.8. The highest BCUT2D eigenvalue weighted by molar-refractivity contribution is 6.22. The fraction of sp³-hybridized carbons (Fsp3) is 0.154. The van der Waals surface area contributed by atoms with Gasteiger partial charge in [-0.1, -0.05) is 25.1 Å². The molecule has 3 N–H and O–H groups in total. The van der Waals surface area contributed by atoms with Crippen LogP contribution in [0.4, 0.5) is 5.69 Å². The Hall–Kier alpha value is -4.28. The van der Waals surface area contributed by atoms with Crippen molar-refractivity contribution in [3.8, 4) is 23.4 Å². The van der Waals surface area contributed by atoms with Crippen molar-refractivity contribution >= 4 is 22.3 Å². The molecule has 1 aliphatic rings. The van der Waals surface area contributed by atoms with Crippen LogP contribution >= 0.6 is 0 Å². The predicted octanol–water partition coefficient (Wildman–Crippen LogP) is 4.75. The van der Waals surface area contributed by atoms with E-state index in [1.807, 2.05) is 48.5 Å². The third-order valence-corrected chi connectivity index (χ3v) is 5.55. The molecule has 0 fully saturated rings. The maximum absolute atomic E-state index is 10.9. The first-order chi connectivity index (χ1) is 16.2. The minimum atomic E-state index is -0.0136. The van der Waals surface area contributed by atoms with Crippen molar-refractivity contribution in [2.24, 2.45) is 4.99 Å². The molecule has 0 aliphatic carbocycles. The second-order valence-electron chi connectivity index (χ2n) is 7.70. The average Bonchev–Trinajstić information content (AvgIpc) is 3.44. The van der Waals surface area contributed by atoms with Gasteiger partial charge in [0.1, 0.15) is 0 Å². The molecule has 1 aromatic heterocycles. The van der Waals surface area contributed by atoms with Crippen LogP contribution in [-0.4, -0.2) is 29.1 Å². The number of fused-ring (bicyclic) bond motifs is 2. The molecule has 0 bridgehead atoms. The molecule has 0 atom stereocenters. The second kappa shape index (κ2) is 8.69. The van der Waals surface area contributed by atoms with Crippen LogP contribution in [0.3, 0.4) is 0 Å². The van der Waals surface area contributed by atoms with Crippen molar-refractivity contribution in [1.29, 1.82) is 5.26 Å². The van der Waals surface area contributed by atoms with Gasteiger partial charge in [-0.3, -0.25) is 0 Å². The average molecular weight is 438 g/mol. The van der Waals surface area contributed by atoms with E-state index in [0.717, 1.165) is 29.7 Å². The number of nitrogens with one attached hydrogen (secondary N) is 2. The SMILES string of the molecule is CCNCc1ccc(N=C(c2ccc3c(c2)OCO3)c2c(O)[nH]c3cc(C#N)ccc23)cc1. The Kier molecular flexibility index (Phi) is 5.43.